The molecular weight excluding hydrogens is 304 g/mol. The van der Waals surface area contributed by atoms with Crippen LogP contribution in [0.15, 0.2) is 48.8 Å². The number of rotatable bonds is 3. The summed E-state index contributed by atoms with van der Waals surface area (Å²) in [5.41, 5.74) is 3.68. The molecule has 1 fully saturated rings. The standard InChI is InChI=1S/C18H16N4O2/c23-17-5-2-8-22(17)14-4-1-3-13(10-14)21-18(24)12-6-7-15-16(9-12)20-11-19-15/h1,3-4,6-7,9-11H,2,5,8H2,(H,19,20)(H,21,24). The zero-order valence-corrected chi connectivity index (χ0v) is 13.0. The highest BCUT2D eigenvalue weighted by Gasteiger charge is 2.21. The number of hydrogen-bond donors (Lipinski definition) is 2. The predicted molar refractivity (Wildman–Crippen MR) is 92.1 cm³/mol. The number of H-pyrrole nitrogens is 1. The summed E-state index contributed by atoms with van der Waals surface area (Å²) in [7, 11) is 0. The molecule has 0 saturated carbocycles. The first-order valence-corrected chi connectivity index (χ1v) is 7.86. The van der Waals surface area contributed by atoms with E-state index in [1.807, 2.05) is 24.3 Å². The smallest absolute Gasteiger partial charge is 0.255 e. The van der Waals surface area contributed by atoms with Gasteiger partial charge in [-0.3, -0.25) is 9.59 Å². The summed E-state index contributed by atoms with van der Waals surface area (Å²) in [5.74, 6) is -0.0698. The fraction of sp³-hybridized carbons (Fsp3) is 0.167. The Hall–Kier alpha value is -3.15. The fourth-order valence-electron chi connectivity index (χ4n) is 2.95. The molecule has 2 heterocycles. The molecule has 0 aliphatic carbocycles. The highest BCUT2D eigenvalue weighted by molar-refractivity contribution is 6.06. The van der Waals surface area contributed by atoms with E-state index in [0.717, 1.165) is 29.7 Å². The molecule has 2 aromatic carbocycles. The largest absolute Gasteiger partial charge is 0.345 e. The lowest BCUT2D eigenvalue weighted by atomic mass is 10.1. The maximum absolute atomic E-state index is 12.5. The molecular formula is C18H16N4O2. The maximum atomic E-state index is 12.5. The Kier molecular flexibility index (Phi) is 3.49. The van der Waals surface area contributed by atoms with Gasteiger partial charge >= 0.3 is 0 Å². The Bertz CT molecular complexity index is 931. The van der Waals surface area contributed by atoms with Crippen LogP contribution >= 0.6 is 0 Å². The van der Waals surface area contributed by atoms with Gasteiger partial charge in [-0.25, -0.2) is 4.98 Å². The molecule has 120 valence electrons. The summed E-state index contributed by atoms with van der Waals surface area (Å²) in [6.07, 6.45) is 3.06. The number of anilines is 2. The molecule has 24 heavy (non-hydrogen) atoms. The molecule has 0 bridgehead atoms. The van der Waals surface area contributed by atoms with E-state index < -0.39 is 0 Å². The van der Waals surface area contributed by atoms with Crippen LogP contribution in [0.1, 0.15) is 23.2 Å². The van der Waals surface area contributed by atoms with Crippen molar-refractivity contribution in [3.05, 3.63) is 54.4 Å². The summed E-state index contributed by atoms with van der Waals surface area (Å²) < 4.78 is 0. The molecule has 1 aliphatic rings. The Balaban J connectivity index is 1.56. The van der Waals surface area contributed by atoms with Crippen molar-refractivity contribution in [2.45, 2.75) is 12.8 Å². The van der Waals surface area contributed by atoms with Crippen molar-refractivity contribution in [2.24, 2.45) is 0 Å². The molecule has 2 amide bonds. The number of imidazole rings is 1. The van der Waals surface area contributed by atoms with E-state index in [-0.39, 0.29) is 11.8 Å². The van der Waals surface area contributed by atoms with E-state index in [0.29, 0.717) is 17.7 Å². The second kappa shape index (κ2) is 5.81. The predicted octanol–water partition coefficient (Wildman–Crippen LogP) is 2.94. The average molecular weight is 320 g/mol. The van der Waals surface area contributed by atoms with Crippen LogP contribution in [0.4, 0.5) is 11.4 Å². The van der Waals surface area contributed by atoms with Gasteiger partial charge in [0, 0.05) is 29.9 Å². The first-order valence-electron chi connectivity index (χ1n) is 7.86. The molecule has 6 nitrogen and oxygen atoms in total. The monoisotopic (exact) mass is 320 g/mol. The van der Waals surface area contributed by atoms with Crippen molar-refractivity contribution >= 4 is 34.2 Å². The fourth-order valence-corrected chi connectivity index (χ4v) is 2.95. The minimum atomic E-state index is -0.198. The highest BCUT2D eigenvalue weighted by atomic mass is 16.2. The molecule has 1 aliphatic heterocycles. The zero-order chi connectivity index (χ0) is 16.5. The van der Waals surface area contributed by atoms with Gasteiger partial charge < -0.3 is 15.2 Å². The van der Waals surface area contributed by atoms with E-state index in [1.54, 1.807) is 29.4 Å². The quantitative estimate of drug-likeness (QED) is 0.779. The third-order valence-corrected chi connectivity index (χ3v) is 4.17. The second-order valence-corrected chi connectivity index (χ2v) is 5.79. The number of carbonyl (C=O) groups excluding carboxylic acids is 2. The van der Waals surface area contributed by atoms with Gasteiger partial charge in [0.1, 0.15) is 0 Å². The number of benzene rings is 2. The maximum Gasteiger partial charge on any atom is 0.255 e. The molecule has 3 aromatic rings. The first-order chi connectivity index (χ1) is 11.7. The number of fused-ring (bicyclic) bond motifs is 1. The van der Waals surface area contributed by atoms with Crippen LogP contribution in [0, 0.1) is 0 Å². The van der Waals surface area contributed by atoms with E-state index in [2.05, 4.69) is 15.3 Å². The number of aromatic nitrogens is 2. The molecule has 0 spiro atoms. The summed E-state index contributed by atoms with van der Waals surface area (Å²) in [6.45, 7) is 0.729. The first kappa shape index (κ1) is 14.4. The molecule has 0 atom stereocenters. The van der Waals surface area contributed by atoms with Crippen LogP contribution in [-0.2, 0) is 4.79 Å². The summed E-state index contributed by atoms with van der Waals surface area (Å²) in [4.78, 5) is 33.2. The van der Waals surface area contributed by atoms with Gasteiger partial charge in [-0.2, -0.15) is 0 Å². The van der Waals surface area contributed by atoms with Crippen molar-refractivity contribution in [3.8, 4) is 0 Å². The van der Waals surface area contributed by atoms with Gasteiger partial charge in [0.2, 0.25) is 5.91 Å². The lowest BCUT2D eigenvalue weighted by Gasteiger charge is -2.16. The third kappa shape index (κ3) is 2.62. The zero-order valence-electron chi connectivity index (χ0n) is 13.0. The lowest BCUT2D eigenvalue weighted by molar-refractivity contribution is -0.117. The van der Waals surface area contributed by atoms with E-state index in [4.69, 9.17) is 0 Å². The number of carbonyl (C=O) groups is 2. The van der Waals surface area contributed by atoms with Gasteiger partial charge in [0.25, 0.3) is 5.91 Å². The van der Waals surface area contributed by atoms with Crippen LogP contribution in [0.25, 0.3) is 11.0 Å². The summed E-state index contributed by atoms with van der Waals surface area (Å²) in [5, 5.41) is 2.88. The molecule has 4 rings (SSSR count). The third-order valence-electron chi connectivity index (χ3n) is 4.17. The minimum Gasteiger partial charge on any atom is -0.345 e. The number of nitrogens with one attached hydrogen (secondary N) is 2. The van der Waals surface area contributed by atoms with Crippen LogP contribution in [0.2, 0.25) is 0 Å². The van der Waals surface area contributed by atoms with Crippen LogP contribution in [-0.4, -0.2) is 28.3 Å². The number of hydrogen-bond acceptors (Lipinski definition) is 3. The Labute approximate surface area is 138 Å². The summed E-state index contributed by atoms with van der Waals surface area (Å²) in [6, 6.07) is 12.7. The molecule has 1 aromatic heterocycles. The minimum absolute atomic E-state index is 0.128. The van der Waals surface area contributed by atoms with Gasteiger partial charge in [-0.05, 0) is 42.8 Å². The van der Waals surface area contributed by atoms with Gasteiger partial charge in [0.05, 0.1) is 17.4 Å². The molecule has 0 radical (unpaired) electrons. The number of amides is 2. The summed E-state index contributed by atoms with van der Waals surface area (Å²) >= 11 is 0. The Morgan fingerprint density at radius 2 is 2.12 bits per heavy atom. The van der Waals surface area contributed by atoms with E-state index in [1.165, 1.54) is 0 Å². The number of aromatic amines is 1. The number of nitrogens with zero attached hydrogens (tertiary/aromatic N) is 2. The van der Waals surface area contributed by atoms with Crippen molar-refractivity contribution in [2.75, 3.05) is 16.8 Å². The Morgan fingerprint density at radius 1 is 1.21 bits per heavy atom. The SMILES string of the molecule is O=C(Nc1cccc(N2CCCC2=O)c1)c1ccc2nc[nH]c2c1. The van der Waals surface area contributed by atoms with Crippen LogP contribution in [0.5, 0.6) is 0 Å². The topological polar surface area (TPSA) is 78.1 Å². The van der Waals surface area contributed by atoms with Crippen LogP contribution < -0.4 is 10.2 Å². The van der Waals surface area contributed by atoms with Crippen molar-refractivity contribution in [1.29, 1.82) is 0 Å². The van der Waals surface area contributed by atoms with Crippen molar-refractivity contribution in [1.82, 2.24) is 9.97 Å². The molecule has 1 saturated heterocycles. The normalized spacial score (nSPS) is 14.3. The average Bonchev–Trinajstić information content (AvgIpc) is 3.22. The van der Waals surface area contributed by atoms with Crippen molar-refractivity contribution < 1.29 is 9.59 Å². The molecule has 2 N–H and O–H groups in total. The van der Waals surface area contributed by atoms with Crippen molar-refractivity contribution in [3.63, 3.8) is 0 Å². The van der Waals surface area contributed by atoms with E-state index >= 15 is 0 Å². The van der Waals surface area contributed by atoms with E-state index in [9.17, 15) is 9.59 Å². The molecule has 6 heteroatoms. The van der Waals surface area contributed by atoms with Gasteiger partial charge in [0.15, 0.2) is 0 Å². The molecule has 0 unspecified atom stereocenters. The van der Waals surface area contributed by atoms with Gasteiger partial charge in [-0.1, -0.05) is 6.07 Å². The highest BCUT2D eigenvalue weighted by Crippen LogP contribution is 2.24. The Morgan fingerprint density at radius 3 is 2.96 bits per heavy atom. The lowest BCUT2D eigenvalue weighted by Crippen LogP contribution is -2.23. The second-order valence-electron chi connectivity index (χ2n) is 5.79. The van der Waals surface area contributed by atoms with Gasteiger partial charge in [-0.15, -0.1) is 0 Å². The van der Waals surface area contributed by atoms with Crippen LogP contribution in [0.3, 0.4) is 0 Å².